The molecule has 0 unspecified atom stereocenters. The van der Waals surface area contributed by atoms with E-state index in [1.807, 2.05) is 0 Å². The fourth-order valence-electron chi connectivity index (χ4n) is 2.60. The second kappa shape index (κ2) is 7.14. The molecule has 1 aliphatic rings. The number of hydrogen-bond donors (Lipinski definition) is 2. The van der Waals surface area contributed by atoms with E-state index < -0.39 is 0 Å². The van der Waals surface area contributed by atoms with Crippen molar-refractivity contribution in [2.45, 2.75) is 45.2 Å². The molecular formula is C16H26ClN3O. The molecule has 1 fully saturated rings. The van der Waals surface area contributed by atoms with Crippen LogP contribution in [0, 0.1) is 0 Å². The van der Waals surface area contributed by atoms with Crippen molar-refractivity contribution in [1.82, 2.24) is 10.2 Å². The van der Waals surface area contributed by atoms with E-state index in [1.165, 1.54) is 0 Å². The number of nitrogens with one attached hydrogen (secondary N) is 1. The zero-order valence-electron chi connectivity index (χ0n) is 13.1. The first-order valence-corrected chi connectivity index (χ1v) is 7.28. The molecule has 21 heavy (non-hydrogen) atoms. The standard InChI is InChI=1S/C16H25N3O.ClH/c1-16(2,3)19-10-8-14(9-11-19)18-15(20)12-4-6-13(17)7-5-12;/h4-7,14H,8-11,17H2,1-3H3,(H,18,20);1H. The highest BCUT2D eigenvalue weighted by Crippen LogP contribution is 2.20. The van der Waals surface area contributed by atoms with Crippen LogP contribution in [0.3, 0.4) is 0 Å². The predicted octanol–water partition coefficient (Wildman–Crippen LogP) is 2.68. The van der Waals surface area contributed by atoms with Crippen molar-refractivity contribution in [3.63, 3.8) is 0 Å². The highest BCUT2D eigenvalue weighted by atomic mass is 35.5. The maximum Gasteiger partial charge on any atom is 0.251 e. The lowest BCUT2D eigenvalue weighted by molar-refractivity contribution is 0.0812. The average Bonchev–Trinajstić information content (AvgIpc) is 2.39. The molecule has 0 atom stereocenters. The van der Waals surface area contributed by atoms with Gasteiger partial charge in [-0.2, -0.15) is 0 Å². The maximum absolute atomic E-state index is 12.1. The Balaban J connectivity index is 0.00000220. The lowest BCUT2D eigenvalue weighted by Gasteiger charge is -2.41. The van der Waals surface area contributed by atoms with Crippen molar-refractivity contribution >= 4 is 24.0 Å². The van der Waals surface area contributed by atoms with Crippen LogP contribution < -0.4 is 11.1 Å². The van der Waals surface area contributed by atoms with Gasteiger partial charge in [-0.25, -0.2) is 0 Å². The topological polar surface area (TPSA) is 58.4 Å². The van der Waals surface area contributed by atoms with Gasteiger partial charge < -0.3 is 11.1 Å². The van der Waals surface area contributed by atoms with Crippen LogP contribution in [0.15, 0.2) is 24.3 Å². The molecule has 1 heterocycles. The summed E-state index contributed by atoms with van der Waals surface area (Å²) in [5.41, 5.74) is 7.20. The smallest absolute Gasteiger partial charge is 0.251 e. The van der Waals surface area contributed by atoms with E-state index in [4.69, 9.17) is 5.73 Å². The molecule has 0 saturated carbocycles. The number of anilines is 1. The van der Waals surface area contributed by atoms with Crippen molar-refractivity contribution in [3.8, 4) is 0 Å². The van der Waals surface area contributed by atoms with Crippen molar-refractivity contribution in [1.29, 1.82) is 0 Å². The second-order valence-electron chi connectivity index (χ2n) is 6.53. The number of nitrogens with zero attached hydrogens (tertiary/aromatic N) is 1. The number of carbonyl (C=O) groups is 1. The van der Waals surface area contributed by atoms with Gasteiger partial charge in [0.15, 0.2) is 0 Å². The summed E-state index contributed by atoms with van der Waals surface area (Å²) < 4.78 is 0. The average molecular weight is 312 g/mol. The van der Waals surface area contributed by atoms with Gasteiger partial charge in [0.1, 0.15) is 0 Å². The number of hydrogen-bond acceptors (Lipinski definition) is 3. The molecule has 1 aromatic carbocycles. The van der Waals surface area contributed by atoms with Crippen molar-refractivity contribution in [3.05, 3.63) is 29.8 Å². The molecule has 0 aliphatic carbocycles. The Labute approximate surface area is 133 Å². The van der Waals surface area contributed by atoms with E-state index in [0.717, 1.165) is 25.9 Å². The fourth-order valence-corrected chi connectivity index (χ4v) is 2.60. The molecule has 1 aromatic rings. The molecule has 0 aromatic heterocycles. The van der Waals surface area contributed by atoms with Gasteiger partial charge in [0.2, 0.25) is 0 Å². The molecule has 2 rings (SSSR count). The summed E-state index contributed by atoms with van der Waals surface area (Å²) in [5, 5.41) is 3.12. The summed E-state index contributed by atoms with van der Waals surface area (Å²) in [7, 11) is 0. The summed E-state index contributed by atoms with van der Waals surface area (Å²) in [5.74, 6) is -0.000733. The molecule has 3 N–H and O–H groups in total. The first kappa shape index (κ1) is 17.8. The zero-order chi connectivity index (χ0) is 14.8. The number of piperidine rings is 1. The van der Waals surface area contributed by atoms with Crippen LogP contribution in [0.4, 0.5) is 5.69 Å². The molecule has 1 saturated heterocycles. The third-order valence-electron chi connectivity index (χ3n) is 3.95. The lowest BCUT2D eigenvalue weighted by atomic mass is 9.98. The van der Waals surface area contributed by atoms with Gasteiger partial charge in [0.25, 0.3) is 5.91 Å². The summed E-state index contributed by atoms with van der Waals surface area (Å²) in [6, 6.07) is 7.34. The van der Waals surface area contributed by atoms with Crippen LogP contribution in [0.2, 0.25) is 0 Å². The molecule has 4 nitrogen and oxygen atoms in total. The van der Waals surface area contributed by atoms with Gasteiger partial charge in [-0.05, 0) is 57.9 Å². The minimum Gasteiger partial charge on any atom is -0.399 e. The highest BCUT2D eigenvalue weighted by molar-refractivity contribution is 5.94. The van der Waals surface area contributed by atoms with Crippen molar-refractivity contribution < 1.29 is 4.79 Å². The Morgan fingerprint density at radius 1 is 1.19 bits per heavy atom. The number of benzene rings is 1. The Kier molecular flexibility index (Phi) is 6.05. The number of nitrogens with two attached hydrogens (primary N) is 1. The molecule has 118 valence electrons. The van der Waals surface area contributed by atoms with E-state index in [-0.39, 0.29) is 29.9 Å². The van der Waals surface area contributed by atoms with Crippen molar-refractivity contribution in [2.75, 3.05) is 18.8 Å². The van der Waals surface area contributed by atoms with E-state index in [0.29, 0.717) is 11.3 Å². The van der Waals surface area contributed by atoms with Gasteiger partial charge in [-0.3, -0.25) is 9.69 Å². The van der Waals surface area contributed by atoms with Gasteiger partial charge in [0.05, 0.1) is 0 Å². The monoisotopic (exact) mass is 311 g/mol. The molecular weight excluding hydrogens is 286 g/mol. The molecule has 5 heteroatoms. The maximum atomic E-state index is 12.1. The Morgan fingerprint density at radius 3 is 2.19 bits per heavy atom. The van der Waals surface area contributed by atoms with E-state index in [1.54, 1.807) is 24.3 Å². The van der Waals surface area contributed by atoms with Crippen LogP contribution in [-0.2, 0) is 0 Å². The quantitative estimate of drug-likeness (QED) is 0.826. The SMILES string of the molecule is CC(C)(C)N1CCC(NC(=O)c2ccc(N)cc2)CC1.Cl. The van der Waals surface area contributed by atoms with Crippen LogP contribution in [0.25, 0.3) is 0 Å². The fraction of sp³-hybridized carbons (Fsp3) is 0.562. The number of nitrogen functional groups attached to an aromatic ring is 1. The first-order valence-electron chi connectivity index (χ1n) is 7.28. The third kappa shape index (κ3) is 4.90. The largest absolute Gasteiger partial charge is 0.399 e. The summed E-state index contributed by atoms with van der Waals surface area (Å²) in [4.78, 5) is 14.6. The van der Waals surface area contributed by atoms with E-state index >= 15 is 0 Å². The summed E-state index contributed by atoms with van der Waals surface area (Å²) in [6.45, 7) is 8.78. The Bertz CT molecular complexity index is 459. The molecule has 0 radical (unpaired) electrons. The first-order chi connectivity index (χ1) is 9.36. The molecule has 0 spiro atoms. The second-order valence-corrected chi connectivity index (χ2v) is 6.53. The van der Waals surface area contributed by atoms with Gasteiger partial charge >= 0.3 is 0 Å². The van der Waals surface area contributed by atoms with Crippen LogP contribution in [-0.4, -0.2) is 35.5 Å². The number of amides is 1. The van der Waals surface area contributed by atoms with E-state index in [2.05, 4.69) is 31.0 Å². The summed E-state index contributed by atoms with van der Waals surface area (Å²) in [6.07, 6.45) is 2.02. The number of carbonyl (C=O) groups excluding carboxylic acids is 1. The van der Waals surface area contributed by atoms with Gasteiger partial charge in [-0.1, -0.05) is 0 Å². The Morgan fingerprint density at radius 2 is 1.71 bits per heavy atom. The van der Waals surface area contributed by atoms with Crippen LogP contribution in [0.1, 0.15) is 44.0 Å². The van der Waals surface area contributed by atoms with Crippen LogP contribution in [0.5, 0.6) is 0 Å². The molecule has 1 aliphatic heterocycles. The van der Waals surface area contributed by atoms with Crippen LogP contribution >= 0.6 is 12.4 Å². The number of halogens is 1. The normalized spacial score (nSPS) is 17.1. The van der Waals surface area contributed by atoms with Gasteiger partial charge in [0, 0.05) is 35.9 Å². The van der Waals surface area contributed by atoms with Crippen molar-refractivity contribution in [2.24, 2.45) is 0 Å². The lowest BCUT2D eigenvalue weighted by Crippen LogP contribution is -2.50. The minimum absolute atomic E-state index is 0. The van der Waals surface area contributed by atoms with E-state index in [9.17, 15) is 4.79 Å². The predicted molar refractivity (Wildman–Crippen MR) is 89.9 cm³/mol. The zero-order valence-corrected chi connectivity index (χ0v) is 13.9. The number of likely N-dealkylation sites (tertiary alicyclic amines) is 1. The summed E-state index contributed by atoms with van der Waals surface area (Å²) >= 11 is 0. The Hall–Kier alpha value is -1.26. The van der Waals surface area contributed by atoms with Gasteiger partial charge in [-0.15, -0.1) is 12.4 Å². The third-order valence-corrected chi connectivity index (χ3v) is 3.95. The molecule has 1 amide bonds. The number of rotatable bonds is 2. The highest BCUT2D eigenvalue weighted by Gasteiger charge is 2.27. The molecule has 0 bridgehead atoms. The minimum atomic E-state index is -0.000733.